The first-order valence-corrected chi connectivity index (χ1v) is 16.9. The minimum absolute atomic E-state index is 0.170. The molecular formula is C22H20N8O9S4. The highest BCUT2D eigenvalue weighted by molar-refractivity contribution is 7.86. The van der Waals surface area contributed by atoms with Gasteiger partial charge >= 0.3 is 0 Å². The van der Waals surface area contributed by atoms with Crippen molar-refractivity contribution in [2.45, 2.75) is 9.79 Å². The van der Waals surface area contributed by atoms with Crippen molar-refractivity contribution < 1.29 is 38.9 Å². The van der Waals surface area contributed by atoms with Gasteiger partial charge < -0.3 is 21.7 Å². The number of nitrogens with zero attached hydrogens (tertiary/aromatic N) is 4. The van der Waals surface area contributed by atoms with Gasteiger partial charge in [0, 0.05) is 23.2 Å². The maximum atomic E-state index is 11.9. The van der Waals surface area contributed by atoms with Crippen LogP contribution in [0.1, 0.15) is 5.56 Å². The largest absolute Gasteiger partial charge is 0.389 e. The first-order valence-electron chi connectivity index (χ1n) is 11.5. The van der Waals surface area contributed by atoms with E-state index in [1.807, 2.05) is 0 Å². The third-order valence-corrected chi connectivity index (χ3v) is 8.73. The number of nitrogen functional groups attached to an aromatic ring is 1. The highest BCUT2D eigenvalue weighted by atomic mass is 32.2. The van der Waals surface area contributed by atoms with E-state index in [2.05, 4.69) is 37.0 Å². The number of nitrogens with two attached hydrogens (primary N) is 1. The predicted octanol–water partition coefficient (Wildman–Crippen LogP) is 2.33. The van der Waals surface area contributed by atoms with E-state index in [0.29, 0.717) is 33.4 Å². The summed E-state index contributed by atoms with van der Waals surface area (Å²) in [7, 11) is -14.0. The van der Waals surface area contributed by atoms with Gasteiger partial charge in [0.1, 0.15) is 16.0 Å². The average molecular weight is 669 g/mol. The molecule has 0 spiro atoms. The lowest BCUT2D eigenvalue weighted by Crippen LogP contribution is -2.17. The van der Waals surface area contributed by atoms with E-state index >= 15 is 0 Å². The number of hydrogen-bond donors (Lipinski definition) is 7. The number of nitrogens with one attached hydrogen (secondary N) is 3. The molecule has 17 nitrogen and oxygen atoms in total. The summed E-state index contributed by atoms with van der Waals surface area (Å²) in [6.45, 7) is -0.351. The second-order valence-corrected chi connectivity index (χ2v) is 13.7. The van der Waals surface area contributed by atoms with Crippen LogP contribution < -0.4 is 21.7 Å². The van der Waals surface area contributed by atoms with Crippen molar-refractivity contribution >= 4 is 75.9 Å². The van der Waals surface area contributed by atoms with Crippen molar-refractivity contribution in [1.29, 1.82) is 5.26 Å². The van der Waals surface area contributed by atoms with Crippen molar-refractivity contribution in [3.63, 3.8) is 0 Å². The first-order chi connectivity index (χ1) is 20.0. The van der Waals surface area contributed by atoms with Gasteiger partial charge in [0.15, 0.2) is 0 Å². The van der Waals surface area contributed by atoms with Crippen LogP contribution in [0, 0.1) is 11.3 Å². The van der Waals surface area contributed by atoms with Gasteiger partial charge in [0.25, 0.3) is 30.4 Å². The van der Waals surface area contributed by atoms with Crippen LogP contribution in [0.4, 0.5) is 34.2 Å². The van der Waals surface area contributed by atoms with E-state index in [-0.39, 0.29) is 18.4 Å². The Morgan fingerprint density at radius 3 is 2.07 bits per heavy atom. The number of rotatable bonds is 11. The molecule has 0 unspecified atom stereocenters. The second kappa shape index (κ2) is 12.1. The number of benzene rings is 2. The zero-order chi connectivity index (χ0) is 31.6. The quantitative estimate of drug-likeness (QED) is 0.113. The van der Waals surface area contributed by atoms with Gasteiger partial charge in [-0.25, -0.2) is 0 Å². The fourth-order valence-electron chi connectivity index (χ4n) is 3.53. The topological polar surface area (TPSA) is 288 Å². The summed E-state index contributed by atoms with van der Waals surface area (Å²) < 4.78 is 97.3. The highest BCUT2D eigenvalue weighted by Crippen LogP contribution is 2.34. The van der Waals surface area contributed by atoms with E-state index in [1.54, 1.807) is 29.6 Å². The molecule has 21 heteroatoms. The van der Waals surface area contributed by atoms with Crippen LogP contribution in [0.15, 0.2) is 57.6 Å². The van der Waals surface area contributed by atoms with Gasteiger partial charge in [-0.15, -0.1) is 11.3 Å². The standard InChI is InChI=1S/C22H20N8O9S4/c23-10-15-16(11-40-19(15)24)12-1-3-13(4-2-12)26-21-28-20(25-7-8-41(31,32)33)29-22(30-21)27-17-9-14(42(34,35)36)5-6-18(17)43(37,38)39/h1-6,9,11H,7-8,24H2,(H,31,32,33)(H,34,35,36)(H,37,38,39)(H3,25,26,27,28,29,30). The van der Waals surface area contributed by atoms with Crippen LogP contribution in [0.3, 0.4) is 0 Å². The molecule has 8 N–H and O–H groups in total. The third-order valence-electron chi connectivity index (χ3n) is 5.44. The Kier molecular flexibility index (Phi) is 8.83. The van der Waals surface area contributed by atoms with Crippen LogP contribution in [0.2, 0.25) is 0 Å². The van der Waals surface area contributed by atoms with Gasteiger partial charge in [0.05, 0.1) is 21.9 Å². The Balaban J connectivity index is 1.70. The van der Waals surface area contributed by atoms with Crippen molar-refractivity contribution in [1.82, 2.24) is 15.0 Å². The maximum absolute atomic E-state index is 11.9. The molecule has 43 heavy (non-hydrogen) atoms. The zero-order valence-corrected chi connectivity index (χ0v) is 24.6. The van der Waals surface area contributed by atoms with Gasteiger partial charge in [-0.2, -0.15) is 45.5 Å². The van der Waals surface area contributed by atoms with E-state index in [4.69, 9.17) is 10.3 Å². The van der Waals surface area contributed by atoms with E-state index in [0.717, 1.165) is 12.1 Å². The Bertz CT molecular complexity index is 2060. The van der Waals surface area contributed by atoms with Crippen molar-refractivity contribution in [2.24, 2.45) is 0 Å². The number of aromatic nitrogens is 3. The lowest BCUT2D eigenvalue weighted by molar-refractivity contribution is 0.479. The molecule has 0 saturated heterocycles. The van der Waals surface area contributed by atoms with Crippen LogP contribution in [-0.4, -0.2) is 66.2 Å². The molecule has 0 radical (unpaired) electrons. The van der Waals surface area contributed by atoms with E-state index < -0.39 is 57.5 Å². The molecule has 0 amide bonds. The molecule has 0 aliphatic heterocycles. The number of thiophene rings is 1. The van der Waals surface area contributed by atoms with Crippen molar-refractivity contribution in [3.8, 4) is 17.2 Å². The maximum Gasteiger partial charge on any atom is 0.296 e. The van der Waals surface area contributed by atoms with Crippen LogP contribution in [0.25, 0.3) is 11.1 Å². The molecule has 2 aromatic carbocycles. The molecular weight excluding hydrogens is 649 g/mol. The molecule has 0 saturated carbocycles. The Labute approximate surface area is 248 Å². The molecule has 4 rings (SSSR count). The third kappa shape index (κ3) is 8.11. The second-order valence-electron chi connectivity index (χ2n) is 8.45. The molecule has 2 heterocycles. The summed E-state index contributed by atoms with van der Waals surface area (Å²) in [6, 6.07) is 10.9. The summed E-state index contributed by atoms with van der Waals surface area (Å²) in [6.07, 6.45) is 0. The van der Waals surface area contributed by atoms with Crippen molar-refractivity contribution in [3.05, 3.63) is 53.4 Å². The summed E-state index contributed by atoms with van der Waals surface area (Å²) in [5.74, 6) is -1.55. The van der Waals surface area contributed by atoms with Crippen molar-refractivity contribution in [2.75, 3.05) is 34.0 Å². The van der Waals surface area contributed by atoms with E-state index in [9.17, 15) is 39.6 Å². The van der Waals surface area contributed by atoms with Gasteiger partial charge in [-0.1, -0.05) is 12.1 Å². The fraction of sp³-hybridized carbons (Fsp3) is 0.0909. The molecule has 0 aliphatic carbocycles. The van der Waals surface area contributed by atoms with Gasteiger partial charge in [-0.3, -0.25) is 13.7 Å². The van der Waals surface area contributed by atoms with Crippen LogP contribution >= 0.6 is 11.3 Å². The summed E-state index contributed by atoms with van der Waals surface area (Å²) >= 11 is 1.22. The fourth-order valence-corrected chi connectivity index (χ4v) is 5.80. The Morgan fingerprint density at radius 2 is 1.49 bits per heavy atom. The smallest absolute Gasteiger partial charge is 0.296 e. The normalized spacial score (nSPS) is 12.0. The Hall–Kier alpha value is -4.43. The number of hydrogen-bond acceptors (Lipinski definition) is 15. The molecule has 0 atom stereocenters. The summed E-state index contributed by atoms with van der Waals surface area (Å²) in [4.78, 5) is 10.7. The summed E-state index contributed by atoms with van der Waals surface area (Å²) in [5, 5.41) is 19.4. The van der Waals surface area contributed by atoms with Crippen LogP contribution in [-0.2, 0) is 30.4 Å². The first kappa shape index (κ1) is 31.5. The van der Waals surface area contributed by atoms with Gasteiger partial charge in [-0.05, 0) is 35.9 Å². The monoisotopic (exact) mass is 668 g/mol. The molecule has 4 aromatic rings. The molecule has 226 valence electrons. The summed E-state index contributed by atoms with van der Waals surface area (Å²) in [5.41, 5.74) is 7.39. The highest BCUT2D eigenvalue weighted by Gasteiger charge is 2.21. The van der Waals surface area contributed by atoms with Crippen LogP contribution in [0.5, 0.6) is 0 Å². The minimum Gasteiger partial charge on any atom is -0.389 e. The molecule has 2 aromatic heterocycles. The number of anilines is 6. The lowest BCUT2D eigenvalue weighted by atomic mass is 10.0. The van der Waals surface area contributed by atoms with Gasteiger partial charge in [0.2, 0.25) is 17.8 Å². The SMILES string of the molecule is N#Cc1c(-c2ccc(Nc3nc(NCCS(=O)(=O)O)nc(Nc4cc(S(=O)(=O)O)ccc4S(=O)(=O)O)n3)cc2)csc1N. The Morgan fingerprint density at radius 1 is 0.860 bits per heavy atom. The predicted molar refractivity (Wildman–Crippen MR) is 156 cm³/mol. The number of nitriles is 1. The molecule has 0 aliphatic rings. The van der Waals surface area contributed by atoms with E-state index in [1.165, 1.54) is 11.3 Å². The average Bonchev–Trinajstić information content (AvgIpc) is 3.27. The molecule has 0 bridgehead atoms. The lowest BCUT2D eigenvalue weighted by Gasteiger charge is -2.13. The zero-order valence-electron chi connectivity index (χ0n) is 21.3. The minimum atomic E-state index is -4.91. The molecule has 0 fully saturated rings.